The molecule has 7 nitrogen and oxygen atoms in total. The Balaban J connectivity index is 1.77. The second-order valence-electron chi connectivity index (χ2n) is 5.95. The van der Waals surface area contributed by atoms with Gasteiger partial charge in [-0.1, -0.05) is 6.07 Å². The molecule has 0 spiro atoms. The summed E-state index contributed by atoms with van der Waals surface area (Å²) < 4.78 is 32.1. The summed E-state index contributed by atoms with van der Waals surface area (Å²) in [6.07, 6.45) is 1.90. The first-order valence-corrected chi connectivity index (χ1v) is 9.49. The summed E-state index contributed by atoms with van der Waals surface area (Å²) in [5, 5.41) is 2.82. The van der Waals surface area contributed by atoms with E-state index in [2.05, 4.69) is 14.8 Å². The van der Waals surface area contributed by atoms with Crippen LogP contribution in [0.15, 0.2) is 53.4 Å². The smallest absolute Gasteiger partial charge is 0.337 e. The van der Waals surface area contributed by atoms with Crippen molar-refractivity contribution in [1.29, 1.82) is 0 Å². The van der Waals surface area contributed by atoms with Gasteiger partial charge in [-0.05, 0) is 55.3 Å². The molecule has 1 saturated carbocycles. The van der Waals surface area contributed by atoms with Gasteiger partial charge in [-0.3, -0.25) is 9.52 Å². The lowest BCUT2D eigenvalue weighted by Crippen LogP contribution is -2.25. The lowest BCUT2D eigenvalue weighted by Gasteiger charge is -2.10. The molecule has 2 aromatic carbocycles. The van der Waals surface area contributed by atoms with Gasteiger partial charge in [-0.15, -0.1) is 0 Å². The summed E-state index contributed by atoms with van der Waals surface area (Å²) in [4.78, 5) is 23.5. The first-order valence-electron chi connectivity index (χ1n) is 8.01. The van der Waals surface area contributed by atoms with Crippen molar-refractivity contribution in [2.24, 2.45) is 0 Å². The fourth-order valence-electron chi connectivity index (χ4n) is 2.31. The molecule has 1 fully saturated rings. The first-order chi connectivity index (χ1) is 12.4. The summed E-state index contributed by atoms with van der Waals surface area (Å²) in [6.45, 7) is 0. The van der Waals surface area contributed by atoms with E-state index in [0.717, 1.165) is 12.8 Å². The van der Waals surface area contributed by atoms with E-state index in [9.17, 15) is 18.0 Å². The van der Waals surface area contributed by atoms with Crippen LogP contribution in [0.5, 0.6) is 0 Å². The predicted octanol–water partition coefficient (Wildman–Crippen LogP) is 2.17. The lowest BCUT2D eigenvalue weighted by molar-refractivity contribution is 0.0600. The molecule has 0 unspecified atom stereocenters. The molecule has 0 atom stereocenters. The number of carbonyl (C=O) groups excluding carboxylic acids is 2. The van der Waals surface area contributed by atoms with Crippen LogP contribution in [-0.4, -0.2) is 33.4 Å². The number of methoxy groups -OCH3 is 1. The Morgan fingerprint density at radius 3 is 2.35 bits per heavy atom. The molecule has 0 aromatic heterocycles. The summed E-state index contributed by atoms with van der Waals surface area (Å²) in [6, 6.07) is 11.9. The average molecular weight is 374 g/mol. The number of esters is 1. The quantitative estimate of drug-likeness (QED) is 0.755. The van der Waals surface area contributed by atoms with Crippen LogP contribution in [0.2, 0.25) is 0 Å². The van der Waals surface area contributed by atoms with Crippen LogP contribution < -0.4 is 10.0 Å². The Hall–Kier alpha value is -2.87. The zero-order valence-electron chi connectivity index (χ0n) is 14.1. The molecule has 26 heavy (non-hydrogen) atoms. The van der Waals surface area contributed by atoms with Crippen molar-refractivity contribution in [1.82, 2.24) is 5.32 Å². The van der Waals surface area contributed by atoms with Gasteiger partial charge in [0.2, 0.25) is 0 Å². The van der Waals surface area contributed by atoms with E-state index in [-0.39, 0.29) is 16.8 Å². The Morgan fingerprint density at radius 1 is 1.04 bits per heavy atom. The lowest BCUT2D eigenvalue weighted by atomic mass is 10.2. The number of nitrogens with one attached hydrogen (secondary N) is 2. The van der Waals surface area contributed by atoms with Crippen molar-refractivity contribution in [3.8, 4) is 0 Å². The van der Waals surface area contributed by atoms with Gasteiger partial charge in [-0.25, -0.2) is 13.2 Å². The van der Waals surface area contributed by atoms with E-state index in [4.69, 9.17) is 0 Å². The Labute approximate surface area is 151 Å². The summed E-state index contributed by atoms with van der Waals surface area (Å²) >= 11 is 0. The van der Waals surface area contributed by atoms with Crippen molar-refractivity contribution in [2.45, 2.75) is 23.8 Å². The minimum absolute atomic E-state index is 0.0157. The molecular formula is C18H18N2O5S. The number of amides is 1. The van der Waals surface area contributed by atoms with Crippen molar-refractivity contribution in [3.63, 3.8) is 0 Å². The standard InChI is InChI=1S/C18H18N2O5S/c1-25-18(22)12-5-7-15(8-6-12)20-26(23,24)16-4-2-3-13(11-16)17(21)19-14-9-10-14/h2-8,11,14,20H,9-10H2,1H3,(H,19,21). The molecule has 0 radical (unpaired) electrons. The first kappa shape index (κ1) is 17.9. The molecule has 3 rings (SSSR count). The molecule has 1 amide bonds. The third kappa shape index (κ3) is 4.20. The molecule has 1 aliphatic rings. The molecule has 8 heteroatoms. The fourth-order valence-corrected chi connectivity index (χ4v) is 3.41. The molecular weight excluding hydrogens is 356 g/mol. The average Bonchev–Trinajstić information content (AvgIpc) is 3.45. The molecule has 2 N–H and O–H groups in total. The Kier molecular flexibility index (Phi) is 4.94. The van der Waals surface area contributed by atoms with Crippen LogP contribution >= 0.6 is 0 Å². The van der Waals surface area contributed by atoms with E-state index in [1.54, 1.807) is 6.07 Å². The molecule has 0 bridgehead atoms. The number of sulfonamides is 1. The highest BCUT2D eigenvalue weighted by Crippen LogP contribution is 2.21. The monoisotopic (exact) mass is 374 g/mol. The van der Waals surface area contributed by atoms with Gasteiger partial charge in [0.25, 0.3) is 15.9 Å². The third-order valence-electron chi connectivity index (χ3n) is 3.88. The van der Waals surface area contributed by atoms with Gasteiger partial charge in [-0.2, -0.15) is 0 Å². The third-order valence-corrected chi connectivity index (χ3v) is 5.26. The van der Waals surface area contributed by atoms with Gasteiger partial charge < -0.3 is 10.1 Å². The maximum Gasteiger partial charge on any atom is 0.337 e. The van der Waals surface area contributed by atoms with Gasteiger partial charge in [0, 0.05) is 17.3 Å². The minimum atomic E-state index is -3.87. The van der Waals surface area contributed by atoms with E-state index in [0.29, 0.717) is 16.8 Å². The number of benzene rings is 2. The number of hydrogen-bond acceptors (Lipinski definition) is 5. The number of ether oxygens (including phenoxy) is 1. The highest BCUT2D eigenvalue weighted by molar-refractivity contribution is 7.92. The molecule has 0 aliphatic heterocycles. The number of carbonyl (C=O) groups is 2. The van der Waals surface area contributed by atoms with Crippen LogP contribution in [0.4, 0.5) is 5.69 Å². The van der Waals surface area contributed by atoms with Crippen molar-refractivity contribution in [2.75, 3.05) is 11.8 Å². The van der Waals surface area contributed by atoms with Gasteiger partial charge in [0.05, 0.1) is 17.6 Å². The van der Waals surface area contributed by atoms with Crippen molar-refractivity contribution < 1.29 is 22.7 Å². The van der Waals surface area contributed by atoms with E-state index in [1.807, 2.05) is 0 Å². The molecule has 0 saturated heterocycles. The summed E-state index contributed by atoms with van der Waals surface area (Å²) in [5.41, 5.74) is 0.903. The van der Waals surface area contributed by atoms with Crippen LogP contribution in [0.25, 0.3) is 0 Å². The van der Waals surface area contributed by atoms with Gasteiger partial charge in [0.1, 0.15) is 0 Å². The topological polar surface area (TPSA) is 102 Å². The van der Waals surface area contributed by atoms with Crippen LogP contribution in [0.1, 0.15) is 33.6 Å². The summed E-state index contributed by atoms with van der Waals surface area (Å²) in [7, 11) is -2.60. The number of hydrogen-bond donors (Lipinski definition) is 2. The highest BCUT2D eigenvalue weighted by Gasteiger charge is 2.24. The van der Waals surface area contributed by atoms with Crippen LogP contribution in [0.3, 0.4) is 0 Å². The normalized spacial score (nSPS) is 13.7. The van der Waals surface area contributed by atoms with Gasteiger partial charge >= 0.3 is 5.97 Å². The SMILES string of the molecule is COC(=O)c1ccc(NS(=O)(=O)c2cccc(C(=O)NC3CC3)c2)cc1. The van der Waals surface area contributed by atoms with Crippen molar-refractivity contribution >= 4 is 27.6 Å². The number of anilines is 1. The van der Waals surface area contributed by atoms with E-state index >= 15 is 0 Å². The zero-order chi connectivity index (χ0) is 18.7. The maximum absolute atomic E-state index is 12.6. The maximum atomic E-state index is 12.6. The van der Waals surface area contributed by atoms with E-state index in [1.165, 1.54) is 49.6 Å². The fraction of sp³-hybridized carbons (Fsp3) is 0.222. The molecule has 1 aliphatic carbocycles. The predicted molar refractivity (Wildman–Crippen MR) is 95.5 cm³/mol. The largest absolute Gasteiger partial charge is 0.465 e. The second-order valence-corrected chi connectivity index (χ2v) is 7.63. The molecule has 2 aromatic rings. The van der Waals surface area contributed by atoms with Crippen LogP contribution in [-0.2, 0) is 14.8 Å². The van der Waals surface area contributed by atoms with Crippen LogP contribution in [0, 0.1) is 0 Å². The summed E-state index contributed by atoms with van der Waals surface area (Å²) in [5.74, 6) is -0.791. The molecule has 136 valence electrons. The highest BCUT2D eigenvalue weighted by atomic mass is 32.2. The Bertz CT molecular complexity index is 934. The Morgan fingerprint density at radius 2 is 1.73 bits per heavy atom. The number of rotatable bonds is 6. The van der Waals surface area contributed by atoms with E-state index < -0.39 is 16.0 Å². The second kappa shape index (κ2) is 7.17. The molecule has 0 heterocycles. The minimum Gasteiger partial charge on any atom is -0.465 e. The zero-order valence-corrected chi connectivity index (χ0v) is 14.9. The van der Waals surface area contributed by atoms with Crippen molar-refractivity contribution in [3.05, 3.63) is 59.7 Å². The van der Waals surface area contributed by atoms with Gasteiger partial charge in [0.15, 0.2) is 0 Å².